The van der Waals surface area contributed by atoms with E-state index in [1.165, 1.54) is 5.92 Å². The largest absolute Gasteiger partial charge is 0.464 e. The molecule has 0 aromatic carbocycles. The third-order valence-corrected chi connectivity index (χ3v) is 1.13. The third kappa shape index (κ3) is 5.62. The first-order valence-electron chi connectivity index (χ1n) is 3.70. The molecule has 0 rings (SSSR count). The van der Waals surface area contributed by atoms with E-state index >= 15 is 0 Å². The van der Waals surface area contributed by atoms with Crippen LogP contribution >= 0.6 is 0 Å². The molecule has 7 heteroatoms. The highest BCUT2D eigenvalue weighted by Gasteiger charge is 2.23. The van der Waals surface area contributed by atoms with Crippen molar-refractivity contribution < 1.29 is 32.5 Å². The second-order valence-electron chi connectivity index (χ2n) is 2.23. The van der Waals surface area contributed by atoms with Crippen LogP contribution in [0.2, 0.25) is 0 Å². The topological polar surface area (TPSA) is 55.4 Å². The van der Waals surface area contributed by atoms with E-state index in [-0.39, 0.29) is 0 Å². The van der Waals surface area contributed by atoms with Crippen LogP contribution < -0.4 is 0 Å². The first kappa shape index (κ1) is 13.9. The molecule has 0 unspecified atom stereocenters. The molecule has 87 valence electrons. The summed E-state index contributed by atoms with van der Waals surface area (Å²) < 4.78 is 43.3. The van der Waals surface area contributed by atoms with Gasteiger partial charge in [0.25, 0.3) is 0 Å². The SMILES string of the molecule is COC(=O)C(=C=C([O])OC)C#CC(F)(F)F. The van der Waals surface area contributed by atoms with E-state index in [1.807, 2.05) is 0 Å². The van der Waals surface area contributed by atoms with Gasteiger partial charge in [0, 0.05) is 5.92 Å². The Balaban J connectivity index is 5.37. The minimum absolute atomic E-state index is 0.808. The standard InChI is InChI=1S/C9H6F3O4/c1-15-7(13)5-6(8(14)16-2)3-4-9(10,11)12/h1-2H3. The second kappa shape index (κ2) is 5.73. The number of carbonyl (C=O) groups excluding carboxylic acids is 1. The fourth-order valence-electron chi connectivity index (χ4n) is 0.522. The average Bonchev–Trinajstić information content (AvgIpc) is 2.21. The average molecular weight is 235 g/mol. The number of methoxy groups -OCH3 is 2. The lowest BCUT2D eigenvalue weighted by molar-refractivity contribution is -0.135. The van der Waals surface area contributed by atoms with Gasteiger partial charge < -0.3 is 9.47 Å². The van der Waals surface area contributed by atoms with E-state index in [0.29, 0.717) is 0 Å². The van der Waals surface area contributed by atoms with Crippen molar-refractivity contribution in [2.45, 2.75) is 6.18 Å². The molecule has 0 aliphatic carbocycles. The molecule has 16 heavy (non-hydrogen) atoms. The highest BCUT2D eigenvalue weighted by molar-refractivity contribution is 5.93. The number of hydrogen-bond acceptors (Lipinski definition) is 3. The Morgan fingerprint density at radius 1 is 1.19 bits per heavy atom. The summed E-state index contributed by atoms with van der Waals surface area (Å²) in [7, 11) is 1.90. The number of halogens is 3. The monoisotopic (exact) mass is 235 g/mol. The molecule has 0 fully saturated rings. The fourth-order valence-corrected chi connectivity index (χ4v) is 0.522. The first-order chi connectivity index (χ1) is 7.30. The van der Waals surface area contributed by atoms with Crippen molar-refractivity contribution >= 4 is 5.97 Å². The van der Waals surface area contributed by atoms with Gasteiger partial charge in [0.1, 0.15) is 0 Å². The highest BCUT2D eigenvalue weighted by atomic mass is 19.4. The van der Waals surface area contributed by atoms with Crippen LogP contribution in [0.15, 0.2) is 17.2 Å². The van der Waals surface area contributed by atoms with Crippen molar-refractivity contribution in [1.29, 1.82) is 0 Å². The number of carbonyl (C=O) groups is 1. The Kier molecular flexibility index (Phi) is 4.99. The van der Waals surface area contributed by atoms with Crippen molar-refractivity contribution in [3.05, 3.63) is 17.2 Å². The van der Waals surface area contributed by atoms with E-state index in [1.54, 1.807) is 5.73 Å². The van der Waals surface area contributed by atoms with Gasteiger partial charge in [-0.3, -0.25) is 0 Å². The Hall–Kier alpha value is -2.06. The highest BCUT2D eigenvalue weighted by Crippen LogP contribution is 2.12. The fraction of sp³-hybridized carbons (Fsp3) is 0.333. The lowest BCUT2D eigenvalue weighted by atomic mass is 10.3. The Morgan fingerprint density at radius 2 is 1.75 bits per heavy atom. The maximum Gasteiger partial charge on any atom is 0.458 e. The predicted octanol–water partition coefficient (Wildman–Crippen LogP) is 1.17. The van der Waals surface area contributed by atoms with Crippen molar-refractivity contribution in [1.82, 2.24) is 0 Å². The Labute approximate surface area is 89.0 Å². The number of alkyl halides is 3. The molecule has 0 heterocycles. The van der Waals surface area contributed by atoms with E-state index < -0.39 is 23.7 Å². The van der Waals surface area contributed by atoms with Crippen LogP contribution in [-0.2, 0) is 19.4 Å². The van der Waals surface area contributed by atoms with E-state index in [9.17, 15) is 23.1 Å². The molecule has 0 saturated carbocycles. The molecule has 0 spiro atoms. The van der Waals surface area contributed by atoms with E-state index in [0.717, 1.165) is 20.1 Å². The maximum atomic E-state index is 11.7. The van der Waals surface area contributed by atoms with Gasteiger partial charge >= 0.3 is 18.1 Å². The number of hydrogen-bond donors (Lipinski definition) is 0. The number of rotatable bonds is 2. The van der Waals surface area contributed by atoms with Gasteiger partial charge in [-0.2, -0.15) is 13.2 Å². The summed E-state index contributed by atoms with van der Waals surface area (Å²) in [6.45, 7) is 0. The van der Waals surface area contributed by atoms with Gasteiger partial charge in [-0.1, -0.05) is 0 Å². The third-order valence-electron chi connectivity index (χ3n) is 1.13. The summed E-state index contributed by atoms with van der Waals surface area (Å²) in [6, 6.07) is 0. The van der Waals surface area contributed by atoms with Gasteiger partial charge in [0.05, 0.1) is 14.2 Å². The quantitative estimate of drug-likeness (QED) is 0.237. The summed E-state index contributed by atoms with van der Waals surface area (Å²) in [5.41, 5.74) is 0.842. The molecule has 0 saturated heterocycles. The summed E-state index contributed by atoms with van der Waals surface area (Å²) >= 11 is 0. The van der Waals surface area contributed by atoms with Crippen LogP contribution in [0.5, 0.6) is 0 Å². The van der Waals surface area contributed by atoms with Crippen LogP contribution in [0.25, 0.3) is 0 Å². The Bertz CT molecular complexity index is 391. The molecule has 0 amide bonds. The smallest absolute Gasteiger partial charge is 0.458 e. The van der Waals surface area contributed by atoms with Gasteiger partial charge in [-0.15, -0.1) is 0 Å². The summed E-state index contributed by atoms with van der Waals surface area (Å²) in [5.74, 6) is -0.0950. The van der Waals surface area contributed by atoms with Crippen LogP contribution in [-0.4, -0.2) is 26.4 Å². The lowest BCUT2D eigenvalue weighted by Crippen LogP contribution is -2.06. The zero-order valence-corrected chi connectivity index (χ0v) is 8.27. The lowest BCUT2D eigenvalue weighted by Gasteiger charge is -1.95. The van der Waals surface area contributed by atoms with Gasteiger partial charge in [-0.05, 0) is 11.7 Å². The molecular formula is C9H6F3O4. The molecule has 0 aromatic heterocycles. The molecule has 1 radical (unpaired) electrons. The summed E-state index contributed by atoms with van der Waals surface area (Å²) in [4.78, 5) is 10.9. The van der Waals surface area contributed by atoms with Gasteiger partial charge in [0.15, 0.2) is 5.57 Å². The van der Waals surface area contributed by atoms with Crippen LogP contribution in [0.3, 0.4) is 0 Å². The molecule has 0 bridgehead atoms. The molecule has 0 aliphatic heterocycles. The maximum absolute atomic E-state index is 11.7. The van der Waals surface area contributed by atoms with Crippen LogP contribution in [0.1, 0.15) is 0 Å². The summed E-state index contributed by atoms with van der Waals surface area (Å²) in [6.07, 6.45) is -4.78. The molecule has 0 N–H and O–H groups in total. The van der Waals surface area contributed by atoms with Crippen LogP contribution in [0, 0.1) is 11.8 Å². The zero-order valence-electron chi connectivity index (χ0n) is 8.27. The minimum Gasteiger partial charge on any atom is -0.464 e. The molecular weight excluding hydrogens is 229 g/mol. The molecule has 4 nitrogen and oxygen atoms in total. The predicted molar refractivity (Wildman–Crippen MR) is 44.1 cm³/mol. The molecule has 0 aliphatic rings. The van der Waals surface area contributed by atoms with Gasteiger partial charge in [-0.25, -0.2) is 9.90 Å². The van der Waals surface area contributed by atoms with E-state index in [4.69, 9.17) is 0 Å². The van der Waals surface area contributed by atoms with Crippen molar-refractivity contribution in [3.63, 3.8) is 0 Å². The second-order valence-corrected chi connectivity index (χ2v) is 2.23. The van der Waals surface area contributed by atoms with Gasteiger partial charge in [0.2, 0.25) is 0 Å². The molecule has 0 atom stereocenters. The zero-order chi connectivity index (χ0) is 12.8. The minimum atomic E-state index is -4.78. The summed E-state index contributed by atoms with van der Waals surface area (Å²) in [5, 5.41) is 10.7. The normalized spacial score (nSPS) is 9.31. The number of esters is 1. The Morgan fingerprint density at radius 3 is 2.12 bits per heavy atom. The first-order valence-corrected chi connectivity index (χ1v) is 3.70. The van der Waals surface area contributed by atoms with Crippen molar-refractivity contribution in [3.8, 4) is 11.8 Å². The van der Waals surface area contributed by atoms with Crippen LogP contribution in [0.4, 0.5) is 13.2 Å². The molecule has 0 aromatic rings. The number of ether oxygens (including phenoxy) is 2. The van der Waals surface area contributed by atoms with Crippen molar-refractivity contribution in [2.24, 2.45) is 0 Å². The van der Waals surface area contributed by atoms with Crippen molar-refractivity contribution in [2.75, 3.05) is 14.2 Å². The van der Waals surface area contributed by atoms with E-state index in [2.05, 4.69) is 9.47 Å².